The Morgan fingerprint density at radius 2 is 2.14 bits per heavy atom. The van der Waals surface area contributed by atoms with Gasteiger partial charge in [-0.25, -0.2) is 9.78 Å². The molecule has 0 aliphatic carbocycles. The molecule has 0 N–H and O–H groups in total. The van der Waals surface area contributed by atoms with Crippen molar-refractivity contribution in [2.45, 2.75) is 59.1 Å². The van der Waals surface area contributed by atoms with Crippen molar-refractivity contribution in [3.05, 3.63) is 5.82 Å². The van der Waals surface area contributed by atoms with E-state index in [-0.39, 0.29) is 12.1 Å². The molecule has 1 atom stereocenters. The van der Waals surface area contributed by atoms with Crippen LogP contribution in [0.15, 0.2) is 0 Å². The molecule has 7 heteroatoms. The quantitative estimate of drug-likeness (QED) is 0.854. The van der Waals surface area contributed by atoms with E-state index in [4.69, 9.17) is 4.74 Å². The Balaban J connectivity index is 2.06. The molecule has 1 saturated heterocycles. The summed E-state index contributed by atoms with van der Waals surface area (Å²) in [6, 6.07) is 0.276. The average Bonchev–Trinajstić information content (AvgIpc) is 2.83. The van der Waals surface area contributed by atoms with Gasteiger partial charge in [-0.3, -0.25) is 0 Å². The predicted octanol–water partition coefficient (Wildman–Crippen LogP) is 3.07. The Kier molecular flexibility index (Phi) is 5.26. The fourth-order valence-corrected chi connectivity index (χ4v) is 3.36. The lowest BCUT2D eigenvalue weighted by Gasteiger charge is -2.41. The Labute approximate surface area is 136 Å². The van der Waals surface area contributed by atoms with Gasteiger partial charge in [0.15, 0.2) is 0 Å². The minimum Gasteiger partial charge on any atom is -0.444 e. The van der Waals surface area contributed by atoms with Crippen molar-refractivity contribution in [2.24, 2.45) is 0 Å². The molecule has 1 aromatic heterocycles. The SMILES string of the molecule is CCC[C@H]1CN(C(=O)OC(C)(C)C)CCN1c1nc(C)ns1. The van der Waals surface area contributed by atoms with E-state index in [2.05, 4.69) is 21.2 Å². The van der Waals surface area contributed by atoms with Gasteiger partial charge in [-0.15, -0.1) is 0 Å². The largest absolute Gasteiger partial charge is 0.444 e. The maximum atomic E-state index is 12.3. The average molecular weight is 326 g/mol. The number of carbonyl (C=O) groups is 1. The van der Waals surface area contributed by atoms with E-state index < -0.39 is 5.60 Å². The van der Waals surface area contributed by atoms with E-state index in [1.54, 1.807) is 0 Å². The van der Waals surface area contributed by atoms with Crippen LogP contribution in [0.2, 0.25) is 0 Å². The van der Waals surface area contributed by atoms with E-state index in [9.17, 15) is 4.79 Å². The maximum absolute atomic E-state index is 12.3. The van der Waals surface area contributed by atoms with Crippen LogP contribution in [0.4, 0.5) is 9.93 Å². The predicted molar refractivity (Wildman–Crippen MR) is 88.5 cm³/mol. The summed E-state index contributed by atoms with van der Waals surface area (Å²) in [5.41, 5.74) is -0.454. The molecule has 22 heavy (non-hydrogen) atoms. The lowest BCUT2D eigenvalue weighted by Crippen LogP contribution is -2.55. The van der Waals surface area contributed by atoms with E-state index in [1.165, 1.54) is 11.5 Å². The molecular weight excluding hydrogens is 300 g/mol. The van der Waals surface area contributed by atoms with Gasteiger partial charge >= 0.3 is 6.09 Å². The van der Waals surface area contributed by atoms with E-state index in [1.807, 2.05) is 32.6 Å². The number of amides is 1. The van der Waals surface area contributed by atoms with E-state index in [0.717, 1.165) is 30.3 Å². The normalized spacial score (nSPS) is 19.4. The first kappa shape index (κ1) is 17.0. The zero-order valence-corrected chi connectivity index (χ0v) is 14.9. The van der Waals surface area contributed by atoms with Crippen molar-refractivity contribution in [1.29, 1.82) is 0 Å². The fourth-order valence-electron chi connectivity index (χ4n) is 2.58. The number of anilines is 1. The number of nitrogens with zero attached hydrogens (tertiary/aromatic N) is 4. The fraction of sp³-hybridized carbons (Fsp3) is 0.800. The van der Waals surface area contributed by atoms with Crippen molar-refractivity contribution in [1.82, 2.24) is 14.3 Å². The molecular formula is C15H26N4O2S. The monoisotopic (exact) mass is 326 g/mol. The van der Waals surface area contributed by atoms with E-state index in [0.29, 0.717) is 13.1 Å². The van der Waals surface area contributed by atoms with Crippen LogP contribution in [0, 0.1) is 6.92 Å². The second-order valence-corrected chi connectivity index (χ2v) is 7.42. The van der Waals surface area contributed by atoms with Crippen molar-refractivity contribution >= 4 is 22.8 Å². The molecule has 0 saturated carbocycles. The van der Waals surface area contributed by atoms with Gasteiger partial charge < -0.3 is 14.5 Å². The standard InChI is InChI=1S/C15H26N4O2S/c1-6-7-12-10-18(14(20)21-15(3,4)5)8-9-19(12)13-16-11(2)17-22-13/h12H,6-10H2,1-5H3/t12-/m0/s1. The molecule has 124 valence electrons. The second kappa shape index (κ2) is 6.81. The van der Waals surface area contributed by atoms with Gasteiger partial charge in [-0.1, -0.05) is 13.3 Å². The molecule has 1 aromatic rings. The van der Waals surface area contributed by atoms with Gasteiger partial charge in [0, 0.05) is 37.2 Å². The van der Waals surface area contributed by atoms with Crippen molar-refractivity contribution in [2.75, 3.05) is 24.5 Å². The van der Waals surface area contributed by atoms with Crippen LogP contribution in [-0.2, 0) is 4.74 Å². The number of aryl methyl sites for hydroxylation is 1. The number of piperazine rings is 1. The Hall–Kier alpha value is -1.37. The van der Waals surface area contributed by atoms with Crippen LogP contribution >= 0.6 is 11.5 Å². The van der Waals surface area contributed by atoms with Gasteiger partial charge in [0.2, 0.25) is 5.13 Å². The summed E-state index contributed by atoms with van der Waals surface area (Å²) in [7, 11) is 0. The molecule has 6 nitrogen and oxygen atoms in total. The van der Waals surface area contributed by atoms with Gasteiger partial charge in [0.1, 0.15) is 11.4 Å². The molecule has 0 radical (unpaired) electrons. The molecule has 2 heterocycles. The zero-order valence-electron chi connectivity index (χ0n) is 14.1. The second-order valence-electron chi connectivity index (χ2n) is 6.69. The summed E-state index contributed by atoms with van der Waals surface area (Å²) < 4.78 is 9.76. The third-order valence-corrected chi connectivity index (χ3v) is 4.36. The number of hydrogen-bond acceptors (Lipinski definition) is 6. The number of ether oxygens (including phenoxy) is 1. The summed E-state index contributed by atoms with van der Waals surface area (Å²) in [6.07, 6.45) is 1.88. The molecule has 2 rings (SSSR count). The van der Waals surface area contributed by atoms with Crippen LogP contribution in [-0.4, -0.2) is 51.6 Å². The summed E-state index contributed by atoms with van der Waals surface area (Å²) in [4.78, 5) is 20.9. The minimum atomic E-state index is -0.454. The van der Waals surface area contributed by atoms with Crippen molar-refractivity contribution < 1.29 is 9.53 Å². The van der Waals surface area contributed by atoms with Crippen LogP contribution in [0.3, 0.4) is 0 Å². The highest BCUT2D eigenvalue weighted by molar-refractivity contribution is 7.09. The highest BCUT2D eigenvalue weighted by Crippen LogP contribution is 2.25. The lowest BCUT2D eigenvalue weighted by atomic mass is 10.1. The Morgan fingerprint density at radius 1 is 1.41 bits per heavy atom. The maximum Gasteiger partial charge on any atom is 0.410 e. The molecule has 1 amide bonds. The number of carbonyl (C=O) groups excluding carboxylic acids is 1. The van der Waals surface area contributed by atoms with Gasteiger partial charge in [0.05, 0.1) is 0 Å². The van der Waals surface area contributed by atoms with Gasteiger partial charge in [0.25, 0.3) is 0 Å². The summed E-state index contributed by atoms with van der Waals surface area (Å²) in [6.45, 7) is 11.9. The third-order valence-electron chi connectivity index (χ3n) is 3.52. The summed E-state index contributed by atoms with van der Waals surface area (Å²) >= 11 is 1.44. The smallest absolute Gasteiger partial charge is 0.410 e. The first-order valence-electron chi connectivity index (χ1n) is 7.85. The molecule has 0 unspecified atom stereocenters. The first-order chi connectivity index (χ1) is 10.3. The number of aromatic nitrogens is 2. The van der Waals surface area contributed by atoms with E-state index >= 15 is 0 Å². The van der Waals surface area contributed by atoms with Crippen LogP contribution in [0.5, 0.6) is 0 Å². The first-order valence-corrected chi connectivity index (χ1v) is 8.62. The van der Waals surface area contributed by atoms with Crippen LogP contribution in [0.1, 0.15) is 46.4 Å². The molecule has 1 fully saturated rings. The van der Waals surface area contributed by atoms with Gasteiger partial charge in [-0.05, 0) is 34.1 Å². The topological polar surface area (TPSA) is 58.6 Å². The molecule has 1 aliphatic heterocycles. The highest BCUT2D eigenvalue weighted by atomic mass is 32.1. The molecule has 0 aromatic carbocycles. The minimum absolute atomic E-state index is 0.221. The molecule has 0 spiro atoms. The third kappa shape index (κ3) is 4.32. The Bertz CT molecular complexity index is 512. The number of rotatable bonds is 3. The zero-order chi connectivity index (χ0) is 16.3. The van der Waals surface area contributed by atoms with Crippen molar-refractivity contribution in [3.63, 3.8) is 0 Å². The molecule has 1 aliphatic rings. The van der Waals surface area contributed by atoms with Gasteiger partial charge in [-0.2, -0.15) is 4.37 Å². The van der Waals surface area contributed by atoms with Crippen molar-refractivity contribution in [3.8, 4) is 0 Å². The number of hydrogen-bond donors (Lipinski definition) is 0. The van der Waals surface area contributed by atoms with Crippen LogP contribution in [0.25, 0.3) is 0 Å². The summed E-state index contributed by atoms with van der Waals surface area (Å²) in [5.74, 6) is 0.810. The van der Waals surface area contributed by atoms with Crippen LogP contribution < -0.4 is 4.90 Å². The highest BCUT2D eigenvalue weighted by Gasteiger charge is 2.32. The molecule has 0 bridgehead atoms. The summed E-state index contributed by atoms with van der Waals surface area (Å²) in [5, 5.41) is 0.958. The lowest BCUT2D eigenvalue weighted by molar-refractivity contribution is 0.0212. The Morgan fingerprint density at radius 3 is 2.68 bits per heavy atom.